The molecule has 0 fully saturated rings. The molecule has 2 aromatic carbocycles. The third kappa shape index (κ3) is 3.37. The number of carbonyl (C=O) groups excluding carboxylic acids is 1. The van der Waals surface area contributed by atoms with Crippen LogP contribution >= 0.6 is 0 Å². The van der Waals surface area contributed by atoms with E-state index in [1.807, 2.05) is 25.1 Å². The molecule has 132 valence electrons. The van der Waals surface area contributed by atoms with Crippen molar-refractivity contribution in [3.8, 4) is 5.75 Å². The molecular weight excluding hydrogens is 321 g/mol. The molecule has 3 rings (SSSR count). The minimum Gasteiger partial charge on any atom is -0.485 e. The minimum absolute atomic E-state index is 0.339. The summed E-state index contributed by atoms with van der Waals surface area (Å²) in [5, 5.41) is 13.6. The fraction of sp³-hybridized carbons (Fsp3) is 0.350. The van der Waals surface area contributed by atoms with E-state index in [1.165, 1.54) is 24.3 Å². The molecule has 1 aliphatic rings. The van der Waals surface area contributed by atoms with Crippen molar-refractivity contribution in [3.63, 3.8) is 0 Å². The number of rotatable bonds is 3. The van der Waals surface area contributed by atoms with Crippen LogP contribution in [0.1, 0.15) is 48.3 Å². The van der Waals surface area contributed by atoms with Gasteiger partial charge in [0.15, 0.2) is 0 Å². The highest BCUT2D eigenvalue weighted by Crippen LogP contribution is 2.40. The highest BCUT2D eigenvalue weighted by molar-refractivity contribution is 5.94. The van der Waals surface area contributed by atoms with Crippen molar-refractivity contribution in [2.24, 2.45) is 0 Å². The molecule has 1 aliphatic heterocycles. The van der Waals surface area contributed by atoms with Gasteiger partial charge in [-0.05, 0) is 62.2 Å². The predicted molar refractivity (Wildman–Crippen MR) is 93.1 cm³/mol. The fourth-order valence-corrected chi connectivity index (χ4v) is 3.05. The number of nitrogens with one attached hydrogen (secondary N) is 1. The maximum Gasteiger partial charge on any atom is 0.251 e. The first-order valence-corrected chi connectivity index (χ1v) is 8.38. The SMILES string of the molecule is CCc1ccc2c(c1)[C@H](NC(=O)c1ccc(F)cc1)[C@@H](O)C(C)(C)O2. The van der Waals surface area contributed by atoms with E-state index < -0.39 is 23.6 Å². The van der Waals surface area contributed by atoms with Gasteiger partial charge in [0, 0.05) is 11.1 Å². The molecule has 2 aromatic rings. The van der Waals surface area contributed by atoms with E-state index in [2.05, 4.69) is 5.32 Å². The number of hydrogen-bond acceptors (Lipinski definition) is 3. The molecule has 0 saturated heterocycles. The number of halogens is 1. The highest BCUT2D eigenvalue weighted by atomic mass is 19.1. The largest absolute Gasteiger partial charge is 0.485 e. The van der Waals surface area contributed by atoms with Gasteiger partial charge >= 0.3 is 0 Å². The Bertz CT molecular complexity index is 786. The van der Waals surface area contributed by atoms with Crippen LogP contribution in [0.2, 0.25) is 0 Å². The Labute approximate surface area is 146 Å². The Hall–Kier alpha value is -2.40. The lowest BCUT2D eigenvalue weighted by Gasteiger charge is -2.42. The molecule has 0 aromatic heterocycles. The fourth-order valence-electron chi connectivity index (χ4n) is 3.05. The summed E-state index contributed by atoms with van der Waals surface area (Å²) in [5.74, 6) is -0.117. The standard InChI is InChI=1S/C20H22FNO3/c1-4-12-5-10-16-15(11-12)17(18(23)20(2,3)25-16)22-19(24)13-6-8-14(21)9-7-13/h5-11,17-18,23H,4H2,1-3H3,(H,22,24)/t17-,18+/m0/s1. The van der Waals surface area contributed by atoms with Crippen molar-refractivity contribution < 1.29 is 19.0 Å². The monoisotopic (exact) mass is 343 g/mol. The zero-order valence-corrected chi connectivity index (χ0v) is 14.5. The first-order chi connectivity index (χ1) is 11.8. The van der Waals surface area contributed by atoms with Gasteiger partial charge < -0.3 is 15.2 Å². The van der Waals surface area contributed by atoms with Crippen molar-refractivity contribution in [2.45, 2.75) is 44.9 Å². The molecule has 0 bridgehead atoms. The molecule has 2 atom stereocenters. The number of aliphatic hydroxyl groups is 1. The van der Waals surface area contributed by atoms with Crippen LogP contribution < -0.4 is 10.1 Å². The molecular formula is C20H22FNO3. The van der Waals surface area contributed by atoms with Crippen LogP contribution in [0.25, 0.3) is 0 Å². The Morgan fingerprint density at radius 2 is 1.92 bits per heavy atom. The van der Waals surface area contributed by atoms with Gasteiger partial charge in [0.05, 0.1) is 6.04 Å². The molecule has 0 aliphatic carbocycles. The van der Waals surface area contributed by atoms with Crippen LogP contribution in [0, 0.1) is 5.82 Å². The molecule has 1 heterocycles. The molecule has 0 radical (unpaired) electrons. The second-order valence-electron chi connectivity index (χ2n) is 6.83. The zero-order chi connectivity index (χ0) is 18.2. The lowest BCUT2D eigenvalue weighted by Crippen LogP contribution is -2.53. The molecule has 5 heteroatoms. The number of aryl methyl sites for hydroxylation is 1. The van der Waals surface area contributed by atoms with E-state index in [9.17, 15) is 14.3 Å². The van der Waals surface area contributed by atoms with Crippen LogP contribution in [0.15, 0.2) is 42.5 Å². The van der Waals surface area contributed by atoms with Crippen LogP contribution in [0.5, 0.6) is 5.75 Å². The molecule has 0 spiro atoms. The maximum absolute atomic E-state index is 13.1. The smallest absolute Gasteiger partial charge is 0.251 e. The van der Waals surface area contributed by atoms with Crippen molar-refractivity contribution >= 4 is 5.91 Å². The number of ether oxygens (including phenoxy) is 1. The van der Waals surface area contributed by atoms with Crippen LogP contribution in [0.3, 0.4) is 0 Å². The maximum atomic E-state index is 13.1. The van der Waals surface area contributed by atoms with Gasteiger partial charge in [0.1, 0.15) is 23.3 Å². The third-order valence-electron chi connectivity index (χ3n) is 4.61. The number of aliphatic hydroxyl groups excluding tert-OH is 1. The van der Waals surface area contributed by atoms with Gasteiger partial charge in [-0.15, -0.1) is 0 Å². The second kappa shape index (κ2) is 6.48. The lowest BCUT2D eigenvalue weighted by molar-refractivity contribution is -0.0628. The minimum atomic E-state index is -0.920. The number of fused-ring (bicyclic) bond motifs is 1. The van der Waals surface area contributed by atoms with Crippen LogP contribution in [0.4, 0.5) is 4.39 Å². The third-order valence-corrected chi connectivity index (χ3v) is 4.61. The summed E-state index contributed by atoms with van der Waals surface area (Å²) in [6.07, 6.45) is -0.0812. The Kier molecular flexibility index (Phi) is 4.52. The summed E-state index contributed by atoms with van der Waals surface area (Å²) in [7, 11) is 0. The second-order valence-corrected chi connectivity index (χ2v) is 6.83. The summed E-state index contributed by atoms with van der Waals surface area (Å²) in [6, 6.07) is 10.5. The molecule has 0 saturated carbocycles. The molecule has 1 amide bonds. The van der Waals surface area contributed by atoms with E-state index in [-0.39, 0.29) is 5.91 Å². The van der Waals surface area contributed by atoms with E-state index >= 15 is 0 Å². The van der Waals surface area contributed by atoms with E-state index in [4.69, 9.17) is 4.74 Å². The van der Waals surface area contributed by atoms with E-state index in [0.717, 1.165) is 17.5 Å². The quantitative estimate of drug-likeness (QED) is 0.898. The van der Waals surface area contributed by atoms with Crippen LogP contribution in [-0.4, -0.2) is 22.7 Å². The number of amides is 1. The van der Waals surface area contributed by atoms with E-state index in [0.29, 0.717) is 11.3 Å². The van der Waals surface area contributed by atoms with Crippen molar-refractivity contribution in [2.75, 3.05) is 0 Å². The summed E-state index contributed by atoms with van der Waals surface area (Å²) >= 11 is 0. The van der Waals surface area contributed by atoms with Gasteiger partial charge in [-0.3, -0.25) is 4.79 Å². The Morgan fingerprint density at radius 1 is 1.24 bits per heavy atom. The Balaban J connectivity index is 1.95. The molecule has 4 nitrogen and oxygen atoms in total. The highest BCUT2D eigenvalue weighted by Gasteiger charge is 2.43. The van der Waals surface area contributed by atoms with Gasteiger partial charge in [-0.2, -0.15) is 0 Å². The molecule has 0 unspecified atom stereocenters. The topological polar surface area (TPSA) is 58.6 Å². The average molecular weight is 343 g/mol. The first kappa shape index (κ1) is 17.4. The van der Waals surface area contributed by atoms with E-state index in [1.54, 1.807) is 13.8 Å². The van der Waals surface area contributed by atoms with Crippen molar-refractivity contribution in [1.82, 2.24) is 5.32 Å². The first-order valence-electron chi connectivity index (χ1n) is 8.38. The number of benzene rings is 2. The van der Waals surface area contributed by atoms with Gasteiger partial charge in [0.25, 0.3) is 5.91 Å². The van der Waals surface area contributed by atoms with Crippen molar-refractivity contribution in [3.05, 3.63) is 65.0 Å². The lowest BCUT2D eigenvalue weighted by atomic mass is 9.85. The van der Waals surface area contributed by atoms with Crippen molar-refractivity contribution in [1.29, 1.82) is 0 Å². The molecule has 25 heavy (non-hydrogen) atoms. The predicted octanol–water partition coefficient (Wildman–Crippen LogP) is 3.39. The van der Waals surface area contributed by atoms with Gasteiger partial charge in [-0.25, -0.2) is 4.39 Å². The van der Waals surface area contributed by atoms with Gasteiger partial charge in [-0.1, -0.05) is 13.0 Å². The number of hydrogen-bond donors (Lipinski definition) is 2. The summed E-state index contributed by atoms with van der Waals surface area (Å²) in [5.41, 5.74) is 1.34. The summed E-state index contributed by atoms with van der Waals surface area (Å²) < 4.78 is 19.0. The van der Waals surface area contributed by atoms with Crippen LogP contribution in [-0.2, 0) is 6.42 Å². The summed E-state index contributed by atoms with van der Waals surface area (Å²) in [4.78, 5) is 12.6. The zero-order valence-electron chi connectivity index (χ0n) is 14.5. The summed E-state index contributed by atoms with van der Waals surface area (Å²) in [6.45, 7) is 5.61. The average Bonchev–Trinajstić information content (AvgIpc) is 2.59. The number of carbonyl (C=O) groups is 1. The molecule has 2 N–H and O–H groups in total. The normalized spacial score (nSPS) is 21.2. The van der Waals surface area contributed by atoms with Gasteiger partial charge in [0.2, 0.25) is 0 Å². The Morgan fingerprint density at radius 3 is 2.56 bits per heavy atom.